The number of nitrogens with one attached hydrogen (secondary N) is 2. The van der Waals surface area contributed by atoms with Crippen molar-refractivity contribution in [3.05, 3.63) is 53.1 Å². The number of H-pyrrole nitrogens is 1. The highest BCUT2D eigenvalue weighted by atomic mass is 19.1. The van der Waals surface area contributed by atoms with E-state index in [1.807, 2.05) is 13.0 Å². The number of carbonyl (C=O) groups excluding carboxylic acids is 1. The van der Waals surface area contributed by atoms with Crippen molar-refractivity contribution in [3.63, 3.8) is 0 Å². The first-order valence-corrected chi connectivity index (χ1v) is 8.58. The maximum Gasteiger partial charge on any atom is 0.255 e. The molecule has 134 valence electrons. The van der Waals surface area contributed by atoms with Gasteiger partial charge in [-0.3, -0.25) is 9.89 Å². The van der Waals surface area contributed by atoms with Crippen LogP contribution >= 0.6 is 0 Å². The van der Waals surface area contributed by atoms with Crippen LogP contribution in [0.5, 0.6) is 0 Å². The second-order valence-corrected chi connectivity index (χ2v) is 6.66. The molecule has 1 aliphatic carbocycles. The van der Waals surface area contributed by atoms with Gasteiger partial charge in [-0.1, -0.05) is 0 Å². The van der Waals surface area contributed by atoms with Crippen LogP contribution in [0.15, 0.2) is 30.5 Å². The highest BCUT2D eigenvalue weighted by Crippen LogP contribution is 2.29. The van der Waals surface area contributed by atoms with E-state index < -0.39 is 0 Å². The summed E-state index contributed by atoms with van der Waals surface area (Å²) in [4.78, 5) is 16.7. The summed E-state index contributed by atoms with van der Waals surface area (Å²) in [7, 11) is 0. The molecule has 0 aliphatic heterocycles. The molecule has 0 unspecified atom stereocenters. The van der Waals surface area contributed by atoms with Crippen molar-refractivity contribution in [2.45, 2.75) is 26.4 Å². The third kappa shape index (κ3) is 3.57. The first kappa shape index (κ1) is 16.7. The molecule has 1 saturated carbocycles. The Balaban J connectivity index is 1.48. The zero-order valence-electron chi connectivity index (χ0n) is 14.4. The number of aromatic amines is 1. The van der Waals surface area contributed by atoms with E-state index in [4.69, 9.17) is 4.74 Å². The quantitative estimate of drug-likeness (QED) is 0.709. The summed E-state index contributed by atoms with van der Waals surface area (Å²) in [6.45, 7) is 2.70. The second kappa shape index (κ2) is 6.84. The van der Waals surface area contributed by atoms with Gasteiger partial charge in [-0.05, 0) is 49.9 Å². The van der Waals surface area contributed by atoms with Gasteiger partial charge in [0.15, 0.2) is 5.65 Å². The van der Waals surface area contributed by atoms with E-state index in [1.165, 1.54) is 31.0 Å². The van der Waals surface area contributed by atoms with Crippen molar-refractivity contribution in [2.24, 2.45) is 5.92 Å². The Kier molecular flexibility index (Phi) is 4.38. The van der Waals surface area contributed by atoms with Gasteiger partial charge >= 0.3 is 0 Å². The Bertz CT molecular complexity index is 965. The van der Waals surface area contributed by atoms with Gasteiger partial charge in [0.1, 0.15) is 5.82 Å². The summed E-state index contributed by atoms with van der Waals surface area (Å²) in [6, 6.07) is 6.10. The fraction of sp³-hybridized carbons (Fsp3) is 0.316. The molecule has 6 nitrogen and oxygen atoms in total. The van der Waals surface area contributed by atoms with E-state index >= 15 is 0 Å². The van der Waals surface area contributed by atoms with Crippen LogP contribution in [0.2, 0.25) is 0 Å². The van der Waals surface area contributed by atoms with Crippen LogP contribution in [0.1, 0.15) is 34.5 Å². The molecule has 2 N–H and O–H groups in total. The first-order valence-electron chi connectivity index (χ1n) is 8.58. The Morgan fingerprint density at radius 2 is 2.23 bits per heavy atom. The number of halogens is 1. The van der Waals surface area contributed by atoms with Gasteiger partial charge in [0.2, 0.25) is 0 Å². The molecule has 4 rings (SSSR count). The van der Waals surface area contributed by atoms with Gasteiger partial charge in [-0.25, -0.2) is 9.37 Å². The lowest BCUT2D eigenvalue weighted by atomic mass is 10.1. The maximum absolute atomic E-state index is 14.0. The minimum Gasteiger partial charge on any atom is -0.376 e. The van der Waals surface area contributed by atoms with Gasteiger partial charge in [0.25, 0.3) is 5.91 Å². The summed E-state index contributed by atoms with van der Waals surface area (Å²) >= 11 is 0. The Morgan fingerprint density at radius 1 is 1.38 bits per heavy atom. The molecule has 1 aromatic carbocycles. The van der Waals surface area contributed by atoms with Crippen LogP contribution in [-0.2, 0) is 11.3 Å². The molecule has 1 amide bonds. The number of pyridine rings is 1. The molecule has 7 heteroatoms. The standard InChI is InChI=1S/C19H19FN4O2/c1-11-16-7-15(8-21-18(16)24-23-11)22-19(25)13-4-5-17(20)14(6-13)10-26-9-12-2-3-12/h4-8,12H,2-3,9-10H2,1H3,(H,22,25)(H,21,23,24). The topological polar surface area (TPSA) is 79.9 Å². The van der Waals surface area contributed by atoms with Crippen LogP contribution in [0.3, 0.4) is 0 Å². The van der Waals surface area contributed by atoms with E-state index in [2.05, 4.69) is 20.5 Å². The predicted molar refractivity (Wildman–Crippen MR) is 95.4 cm³/mol. The minimum atomic E-state index is -0.366. The number of aromatic nitrogens is 3. The number of hydrogen-bond acceptors (Lipinski definition) is 4. The predicted octanol–water partition coefficient (Wildman–Crippen LogP) is 3.58. The van der Waals surface area contributed by atoms with Crippen LogP contribution in [-0.4, -0.2) is 27.7 Å². The summed E-state index contributed by atoms with van der Waals surface area (Å²) in [5, 5.41) is 10.5. The van der Waals surface area contributed by atoms with E-state index in [1.54, 1.807) is 6.20 Å². The molecule has 0 radical (unpaired) electrons. The first-order chi connectivity index (χ1) is 12.6. The number of aryl methyl sites for hydroxylation is 1. The fourth-order valence-corrected chi connectivity index (χ4v) is 2.74. The lowest BCUT2D eigenvalue weighted by Crippen LogP contribution is -2.13. The van der Waals surface area contributed by atoms with E-state index in [9.17, 15) is 9.18 Å². The molecule has 2 heterocycles. The highest BCUT2D eigenvalue weighted by molar-refractivity contribution is 6.05. The van der Waals surface area contributed by atoms with Crippen LogP contribution < -0.4 is 5.32 Å². The summed E-state index contributed by atoms with van der Waals surface area (Å²) in [5.74, 6) is -0.0801. The van der Waals surface area contributed by atoms with Gasteiger partial charge < -0.3 is 10.1 Å². The summed E-state index contributed by atoms with van der Waals surface area (Å²) in [6.07, 6.45) is 3.91. The number of anilines is 1. The number of fused-ring (bicyclic) bond motifs is 1. The third-order valence-corrected chi connectivity index (χ3v) is 4.47. The third-order valence-electron chi connectivity index (χ3n) is 4.47. The Hall–Kier alpha value is -2.80. The van der Waals surface area contributed by atoms with E-state index in [0.717, 1.165) is 11.1 Å². The van der Waals surface area contributed by atoms with Crippen molar-refractivity contribution in [2.75, 3.05) is 11.9 Å². The molecule has 3 aromatic rings. The lowest BCUT2D eigenvalue weighted by Gasteiger charge is -2.09. The molecule has 0 saturated heterocycles. The zero-order valence-corrected chi connectivity index (χ0v) is 14.4. The molecule has 0 bridgehead atoms. The Labute approximate surface area is 149 Å². The number of rotatable bonds is 6. The molecule has 2 aromatic heterocycles. The average Bonchev–Trinajstić information content (AvgIpc) is 3.39. The van der Waals surface area contributed by atoms with Crippen molar-refractivity contribution < 1.29 is 13.9 Å². The SMILES string of the molecule is Cc1[nH]nc2ncc(NC(=O)c3ccc(F)c(COCC4CC4)c3)cc12. The number of ether oxygens (including phenoxy) is 1. The van der Waals surface area contributed by atoms with Gasteiger partial charge in [-0.15, -0.1) is 0 Å². The minimum absolute atomic E-state index is 0.172. The van der Waals surface area contributed by atoms with Crippen molar-refractivity contribution in [1.82, 2.24) is 15.2 Å². The lowest BCUT2D eigenvalue weighted by molar-refractivity contribution is 0.102. The molecular formula is C19H19FN4O2. The van der Waals surface area contributed by atoms with Crippen molar-refractivity contribution in [3.8, 4) is 0 Å². The van der Waals surface area contributed by atoms with Crippen LogP contribution in [0.4, 0.5) is 10.1 Å². The fourth-order valence-electron chi connectivity index (χ4n) is 2.74. The van der Waals surface area contributed by atoms with Crippen LogP contribution in [0.25, 0.3) is 11.0 Å². The maximum atomic E-state index is 14.0. The van der Waals surface area contributed by atoms with Gasteiger partial charge in [0, 0.05) is 28.8 Å². The summed E-state index contributed by atoms with van der Waals surface area (Å²) < 4.78 is 19.5. The highest BCUT2D eigenvalue weighted by Gasteiger charge is 2.21. The van der Waals surface area contributed by atoms with E-state index in [0.29, 0.717) is 35.0 Å². The molecule has 1 fully saturated rings. The van der Waals surface area contributed by atoms with E-state index in [-0.39, 0.29) is 18.3 Å². The van der Waals surface area contributed by atoms with Crippen molar-refractivity contribution in [1.29, 1.82) is 0 Å². The van der Waals surface area contributed by atoms with Gasteiger partial charge in [-0.2, -0.15) is 5.10 Å². The zero-order chi connectivity index (χ0) is 18.1. The number of hydrogen-bond donors (Lipinski definition) is 2. The summed E-state index contributed by atoms with van der Waals surface area (Å²) in [5.41, 5.74) is 2.79. The Morgan fingerprint density at radius 3 is 3.04 bits per heavy atom. The average molecular weight is 354 g/mol. The van der Waals surface area contributed by atoms with Gasteiger partial charge in [0.05, 0.1) is 18.5 Å². The monoisotopic (exact) mass is 354 g/mol. The smallest absolute Gasteiger partial charge is 0.255 e. The number of nitrogens with zero attached hydrogens (tertiary/aromatic N) is 2. The largest absolute Gasteiger partial charge is 0.376 e. The van der Waals surface area contributed by atoms with Crippen LogP contribution in [0, 0.1) is 18.7 Å². The molecule has 0 spiro atoms. The number of carbonyl (C=O) groups is 1. The molecule has 26 heavy (non-hydrogen) atoms. The molecule has 0 atom stereocenters. The van der Waals surface area contributed by atoms with Crippen molar-refractivity contribution >= 4 is 22.6 Å². The number of benzene rings is 1. The molecular weight excluding hydrogens is 335 g/mol. The normalized spacial score (nSPS) is 13.9. The number of amides is 1. The second-order valence-electron chi connectivity index (χ2n) is 6.66. The molecule has 1 aliphatic rings.